The molecule has 0 aliphatic rings. The van der Waals surface area contributed by atoms with Gasteiger partial charge in [0.2, 0.25) is 0 Å². The monoisotopic (exact) mass is 239 g/mol. The quantitative estimate of drug-likeness (QED) is 0.702. The fourth-order valence-corrected chi connectivity index (χ4v) is 2.20. The van der Waals surface area contributed by atoms with E-state index >= 15 is 0 Å². The van der Waals surface area contributed by atoms with E-state index in [-0.39, 0.29) is 6.04 Å². The second kappa shape index (κ2) is 5.89. The zero-order chi connectivity index (χ0) is 13.1. The molecule has 0 heterocycles. The molecule has 0 saturated carbocycles. The third-order valence-electron chi connectivity index (χ3n) is 2.91. The third-order valence-corrected chi connectivity index (χ3v) is 2.91. The first kappa shape index (κ1) is 15.8. The molecule has 0 saturated heterocycles. The molecule has 0 rings (SSSR count). The molecule has 0 N–H and O–H groups in total. The summed E-state index contributed by atoms with van der Waals surface area (Å²) < 4.78 is 38.6. The summed E-state index contributed by atoms with van der Waals surface area (Å²) >= 11 is 0. The van der Waals surface area contributed by atoms with Crippen LogP contribution in [0.25, 0.3) is 0 Å². The van der Waals surface area contributed by atoms with Gasteiger partial charge in [0.1, 0.15) is 6.04 Å². The van der Waals surface area contributed by atoms with E-state index < -0.39 is 18.1 Å². The van der Waals surface area contributed by atoms with E-state index in [1.165, 1.54) is 4.90 Å². The SMILES string of the molecule is CC(C)C[C@H](C)N(C)[C@@H](C(C)C)C(F)(F)F. The Morgan fingerprint density at radius 2 is 1.44 bits per heavy atom. The van der Waals surface area contributed by atoms with Gasteiger partial charge >= 0.3 is 6.18 Å². The van der Waals surface area contributed by atoms with Crippen molar-refractivity contribution in [2.75, 3.05) is 7.05 Å². The lowest BCUT2D eigenvalue weighted by molar-refractivity contribution is -0.196. The third kappa shape index (κ3) is 4.73. The molecule has 0 fully saturated rings. The summed E-state index contributed by atoms with van der Waals surface area (Å²) in [5.41, 5.74) is 0. The Morgan fingerprint density at radius 3 is 1.69 bits per heavy atom. The maximum absolute atomic E-state index is 12.9. The molecule has 16 heavy (non-hydrogen) atoms. The van der Waals surface area contributed by atoms with Gasteiger partial charge in [0.15, 0.2) is 0 Å². The highest BCUT2D eigenvalue weighted by Gasteiger charge is 2.45. The van der Waals surface area contributed by atoms with Crippen molar-refractivity contribution < 1.29 is 13.2 Å². The molecule has 0 amide bonds. The van der Waals surface area contributed by atoms with Crippen LogP contribution in [0, 0.1) is 11.8 Å². The lowest BCUT2D eigenvalue weighted by Gasteiger charge is -2.37. The van der Waals surface area contributed by atoms with Crippen LogP contribution in [-0.2, 0) is 0 Å². The first-order chi connectivity index (χ1) is 7.07. The van der Waals surface area contributed by atoms with Crippen molar-refractivity contribution in [2.24, 2.45) is 11.8 Å². The number of rotatable bonds is 5. The van der Waals surface area contributed by atoms with Gasteiger partial charge in [-0.2, -0.15) is 13.2 Å². The summed E-state index contributed by atoms with van der Waals surface area (Å²) in [6.07, 6.45) is -3.36. The molecule has 0 aromatic carbocycles. The van der Waals surface area contributed by atoms with Gasteiger partial charge in [-0.15, -0.1) is 0 Å². The minimum atomic E-state index is -4.14. The van der Waals surface area contributed by atoms with Crippen LogP contribution in [-0.4, -0.2) is 30.2 Å². The standard InChI is InChI=1S/C12H24F3N/c1-8(2)7-10(5)16(6)11(9(3)4)12(13,14)15/h8-11H,7H2,1-6H3/t10-,11-/m0/s1. The molecule has 0 aliphatic carbocycles. The van der Waals surface area contributed by atoms with Gasteiger partial charge in [-0.25, -0.2) is 0 Å². The predicted octanol–water partition coefficient (Wildman–Crippen LogP) is 3.94. The molecule has 0 aromatic rings. The van der Waals surface area contributed by atoms with E-state index in [0.717, 1.165) is 6.42 Å². The number of hydrogen-bond donors (Lipinski definition) is 0. The summed E-state index contributed by atoms with van der Waals surface area (Å²) in [6.45, 7) is 9.17. The van der Waals surface area contributed by atoms with Crippen LogP contribution in [0.5, 0.6) is 0 Å². The van der Waals surface area contributed by atoms with Crippen LogP contribution < -0.4 is 0 Å². The molecule has 1 nitrogen and oxygen atoms in total. The zero-order valence-corrected chi connectivity index (χ0v) is 11.1. The second-order valence-corrected chi connectivity index (χ2v) is 5.37. The maximum Gasteiger partial charge on any atom is 0.404 e. The minimum absolute atomic E-state index is 0.0472. The van der Waals surface area contributed by atoms with Gasteiger partial charge in [-0.05, 0) is 32.2 Å². The van der Waals surface area contributed by atoms with Crippen molar-refractivity contribution in [1.29, 1.82) is 0 Å². The average molecular weight is 239 g/mol. The average Bonchev–Trinajstić information content (AvgIpc) is 1.98. The molecule has 0 aromatic heterocycles. The van der Waals surface area contributed by atoms with Crippen molar-refractivity contribution >= 4 is 0 Å². The molecule has 0 spiro atoms. The number of halogens is 3. The molecular weight excluding hydrogens is 215 g/mol. The highest BCUT2D eigenvalue weighted by atomic mass is 19.4. The van der Waals surface area contributed by atoms with Gasteiger partial charge in [0.05, 0.1) is 0 Å². The lowest BCUT2D eigenvalue weighted by Crippen LogP contribution is -2.50. The molecule has 0 bridgehead atoms. The number of nitrogens with zero attached hydrogens (tertiary/aromatic N) is 1. The largest absolute Gasteiger partial charge is 0.404 e. The normalized spacial score (nSPS) is 17.2. The fraction of sp³-hybridized carbons (Fsp3) is 1.00. The fourth-order valence-electron chi connectivity index (χ4n) is 2.20. The van der Waals surface area contributed by atoms with E-state index in [1.807, 2.05) is 20.8 Å². The summed E-state index contributed by atoms with van der Waals surface area (Å²) in [4.78, 5) is 1.46. The van der Waals surface area contributed by atoms with Crippen molar-refractivity contribution in [2.45, 2.75) is 59.3 Å². The Hall–Kier alpha value is -0.250. The summed E-state index contributed by atoms with van der Waals surface area (Å²) in [5, 5.41) is 0. The van der Waals surface area contributed by atoms with E-state index in [0.29, 0.717) is 5.92 Å². The van der Waals surface area contributed by atoms with Crippen LogP contribution in [0.1, 0.15) is 41.0 Å². The molecule has 98 valence electrons. The smallest absolute Gasteiger partial charge is 0.292 e. The molecule has 2 atom stereocenters. The van der Waals surface area contributed by atoms with Crippen LogP contribution in [0.4, 0.5) is 13.2 Å². The minimum Gasteiger partial charge on any atom is -0.292 e. The summed E-state index contributed by atoms with van der Waals surface area (Å²) in [5.74, 6) is -0.00175. The van der Waals surface area contributed by atoms with Crippen LogP contribution in [0.15, 0.2) is 0 Å². The van der Waals surface area contributed by atoms with Crippen molar-refractivity contribution in [3.8, 4) is 0 Å². The Labute approximate surface area is 97.0 Å². The van der Waals surface area contributed by atoms with Crippen LogP contribution in [0.2, 0.25) is 0 Å². The molecule has 0 aliphatic heterocycles. The van der Waals surface area contributed by atoms with E-state index in [1.54, 1.807) is 20.9 Å². The van der Waals surface area contributed by atoms with Crippen LogP contribution in [0.3, 0.4) is 0 Å². The van der Waals surface area contributed by atoms with Gasteiger partial charge < -0.3 is 0 Å². The zero-order valence-electron chi connectivity index (χ0n) is 11.1. The second-order valence-electron chi connectivity index (χ2n) is 5.37. The molecule has 0 unspecified atom stereocenters. The van der Waals surface area contributed by atoms with Gasteiger partial charge in [0.25, 0.3) is 0 Å². The summed E-state index contributed by atoms with van der Waals surface area (Å²) in [6, 6.07) is -1.39. The van der Waals surface area contributed by atoms with Crippen molar-refractivity contribution in [3.05, 3.63) is 0 Å². The van der Waals surface area contributed by atoms with Gasteiger partial charge in [-0.1, -0.05) is 27.7 Å². The van der Waals surface area contributed by atoms with E-state index in [4.69, 9.17) is 0 Å². The van der Waals surface area contributed by atoms with E-state index in [9.17, 15) is 13.2 Å². The molecular formula is C12H24F3N. The molecule has 0 radical (unpaired) electrons. The lowest BCUT2D eigenvalue weighted by atomic mass is 9.97. The Morgan fingerprint density at radius 1 is 1.00 bits per heavy atom. The van der Waals surface area contributed by atoms with Gasteiger partial charge in [-0.3, -0.25) is 4.90 Å². The predicted molar refractivity (Wildman–Crippen MR) is 61.4 cm³/mol. The first-order valence-electron chi connectivity index (χ1n) is 5.86. The number of hydrogen-bond acceptors (Lipinski definition) is 1. The van der Waals surface area contributed by atoms with Crippen LogP contribution >= 0.6 is 0 Å². The molecule has 4 heteroatoms. The van der Waals surface area contributed by atoms with Crippen molar-refractivity contribution in [1.82, 2.24) is 4.90 Å². The topological polar surface area (TPSA) is 3.24 Å². The Bertz CT molecular complexity index is 199. The first-order valence-corrected chi connectivity index (χ1v) is 5.86. The van der Waals surface area contributed by atoms with E-state index in [2.05, 4.69) is 0 Å². The highest BCUT2D eigenvalue weighted by Crippen LogP contribution is 2.31. The number of alkyl halides is 3. The van der Waals surface area contributed by atoms with Gasteiger partial charge in [0, 0.05) is 6.04 Å². The summed E-state index contributed by atoms with van der Waals surface area (Å²) in [7, 11) is 1.57. The Kier molecular flexibility index (Phi) is 5.80. The maximum atomic E-state index is 12.9. The highest BCUT2D eigenvalue weighted by molar-refractivity contribution is 4.83. The Balaban J connectivity index is 4.68. The van der Waals surface area contributed by atoms with Crippen molar-refractivity contribution in [3.63, 3.8) is 0 Å².